The molecule has 0 aliphatic heterocycles. The van der Waals surface area contributed by atoms with Gasteiger partial charge in [0.25, 0.3) is 0 Å². The Kier molecular flexibility index (Phi) is 7.33. The highest BCUT2D eigenvalue weighted by Crippen LogP contribution is 2.29. The predicted molar refractivity (Wildman–Crippen MR) is 110 cm³/mol. The monoisotopic (exact) mass is 472 g/mol. The first-order chi connectivity index (χ1) is 14.7. The number of thioether (sulfide) groups is 1. The van der Waals surface area contributed by atoms with Gasteiger partial charge in [-0.3, -0.25) is 4.79 Å². The quantitative estimate of drug-likeness (QED) is 0.343. The molecule has 0 saturated heterocycles. The van der Waals surface area contributed by atoms with E-state index >= 15 is 0 Å². The summed E-state index contributed by atoms with van der Waals surface area (Å²) in [5.74, 6) is -0.771. The summed E-state index contributed by atoms with van der Waals surface area (Å²) in [6.45, 7) is 1.80. The summed E-state index contributed by atoms with van der Waals surface area (Å²) < 4.78 is 53.9. The molecule has 0 fully saturated rings. The van der Waals surface area contributed by atoms with Crippen molar-refractivity contribution < 1.29 is 27.1 Å². The molecule has 0 spiro atoms. The van der Waals surface area contributed by atoms with Gasteiger partial charge in [-0.05, 0) is 48.9 Å². The summed E-state index contributed by atoms with van der Waals surface area (Å²) in [4.78, 5) is 12.1. The third-order valence-corrected chi connectivity index (χ3v) is 5.79. The van der Waals surface area contributed by atoms with Gasteiger partial charge in [0.2, 0.25) is 11.0 Å². The number of rotatable bonds is 8. The van der Waals surface area contributed by atoms with Crippen molar-refractivity contribution in [3.63, 3.8) is 0 Å². The number of aromatic nitrogens is 2. The SMILES string of the molecule is CC(NC(=O)CSc1nnc(Nc2ccc(OC(F)(F)F)cc2)s1)c1ccc(F)cc1. The topological polar surface area (TPSA) is 76.1 Å². The molecule has 0 aliphatic carbocycles. The highest BCUT2D eigenvalue weighted by molar-refractivity contribution is 8.01. The van der Waals surface area contributed by atoms with Crippen molar-refractivity contribution in [2.45, 2.75) is 23.7 Å². The molecule has 2 aromatic carbocycles. The van der Waals surface area contributed by atoms with E-state index in [9.17, 15) is 22.4 Å². The van der Waals surface area contributed by atoms with Crippen LogP contribution >= 0.6 is 23.1 Å². The molecule has 31 heavy (non-hydrogen) atoms. The second kappa shape index (κ2) is 9.96. The van der Waals surface area contributed by atoms with Gasteiger partial charge in [0.05, 0.1) is 11.8 Å². The minimum absolute atomic E-state index is 0.115. The molecule has 0 saturated carbocycles. The molecular weight excluding hydrogens is 456 g/mol. The van der Waals surface area contributed by atoms with E-state index in [0.29, 0.717) is 15.2 Å². The maximum absolute atomic E-state index is 13.0. The van der Waals surface area contributed by atoms with Crippen LogP contribution in [0.1, 0.15) is 18.5 Å². The molecular formula is C19H16F4N4O2S2. The summed E-state index contributed by atoms with van der Waals surface area (Å²) in [6, 6.07) is 10.8. The van der Waals surface area contributed by atoms with Crippen molar-refractivity contribution in [3.05, 3.63) is 59.9 Å². The fraction of sp³-hybridized carbons (Fsp3) is 0.211. The minimum Gasteiger partial charge on any atom is -0.406 e. The molecule has 164 valence electrons. The average molecular weight is 472 g/mol. The minimum atomic E-state index is -4.75. The Morgan fingerprint density at radius 1 is 1.13 bits per heavy atom. The lowest BCUT2D eigenvalue weighted by molar-refractivity contribution is -0.274. The Morgan fingerprint density at radius 2 is 1.81 bits per heavy atom. The normalized spacial score (nSPS) is 12.3. The second-order valence-corrected chi connectivity index (χ2v) is 8.40. The lowest BCUT2D eigenvalue weighted by atomic mass is 10.1. The zero-order valence-electron chi connectivity index (χ0n) is 15.9. The second-order valence-electron chi connectivity index (χ2n) is 6.20. The molecule has 2 N–H and O–H groups in total. The summed E-state index contributed by atoms with van der Waals surface area (Å²) >= 11 is 2.39. The fourth-order valence-electron chi connectivity index (χ4n) is 2.43. The van der Waals surface area contributed by atoms with Gasteiger partial charge >= 0.3 is 6.36 Å². The first-order valence-corrected chi connectivity index (χ1v) is 10.6. The number of nitrogens with zero attached hydrogens (tertiary/aromatic N) is 2. The molecule has 3 aromatic rings. The van der Waals surface area contributed by atoms with Crippen molar-refractivity contribution in [2.24, 2.45) is 0 Å². The van der Waals surface area contributed by atoms with Crippen LogP contribution in [0.15, 0.2) is 52.9 Å². The van der Waals surface area contributed by atoms with Crippen molar-refractivity contribution >= 4 is 39.8 Å². The Labute approximate surface area is 183 Å². The van der Waals surface area contributed by atoms with E-state index in [1.807, 2.05) is 0 Å². The van der Waals surface area contributed by atoms with Crippen LogP contribution in [0.25, 0.3) is 0 Å². The number of benzene rings is 2. The number of amides is 1. The van der Waals surface area contributed by atoms with Crippen molar-refractivity contribution in [1.29, 1.82) is 0 Å². The van der Waals surface area contributed by atoms with Gasteiger partial charge in [-0.15, -0.1) is 23.4 Å². The standard InChI is InChI=1S/C19H16F4N4O2S2/c1-11(12-2-4-13(20)5-3-12)24-16(28)10-30-18-27-26-17(31-18)25-14-6-8-15(9-7-14)29-19(21,22)23/h2-9,11H,10H2,1H3,(H,24,28)(H,25,26). The molecule has 0 radical (unpaired) electrons. The number of carbonyl (C=O) groups is 1. The molecule has 1 atom stereocenters. The number of hydrogen-bond donors (Lipinski definition) is 2. The van der Waals surface area contributed by atoms with E-state index in [1.165, 1.54) is 59.5 Å². The van der Waals surface area contributed by atoms with Crippen molar-refractivity contribution in [1.82, 2.24) is 15.5 Å². The van der Waals surface area contributed by atoms with E-state index < -0.39 is 6.36 Å². The Bertz CT molecular complexity index is 1010. The largest absolute Gasteiger partial charge is 0.573 e. The number of halogens is 4. The van der Waals surface area contributed by atoms with Crippen LogP contribution in [0.5, 0.6) is 5.75 Å². The summed E-state index contributed by atoms with van der Waals surface area (Å²) in [6.07, 6.45) is -4.75. The molecule has 12 heteroatoms. The van der Waals surface area contributed by atoms with E-state index in [2.05, 4.69) is 25.6 Å². The van der Waals surface area contributed by atoms with Crippen molar-refractivity contribution in [2.75, 3.05) is 11.1 Å². The van der Waals surface area contributed by atoms with Gasteiger partial charge < -0.3 is 15.4 Å². The van der Waals surface area contributed by atoms with E-state index in [1.54, 1.807) is 19.1 Å². The van der Waals surface area contributed by atoms with Crippen LogP contribution in [0.4, 0.5) is 28.4 Å². The van der Waals surface area contributed by atoms with E-state index in [-0.39, 0.29) is 29.3 Å². The van der Waals surface area contributed by atoms with Crippen LogP contribution < -0.4 is 15.4 Å². The number of hydrogen-bond acceptors (Lipinski definition) is 7. The number of ether oxygens (including phenoxy) is 1. The number of anilines is 2. The first-order valence-electron chi connectivity index (χ1n) is 8.82. The van der Waals surface area contributed by atoms with Crippen LogP contribution in [0, 0.1) is 5.82 Å². The van der Waals surface area contributed by atoms with E-state index in [4.69, 9.17) is 0 Å². The van der Waals surface area contributed by atoms with Gasteiger partial charge in [0.15, 0.2) is 4.34 Å². The number of alkyl halides is 3. The average Bonchev–Trinajstić information content (AvgIpc) is 3.14. The van der Waals surface area contributed by atoms with Gasteiger partial charge in [0.1, 0.15) is 11.6 Å². The number of carbonyl (C=O) groups excluding carboxylic acids is 1. The van der Waals surface area contributed by atoms with Crippen LogP contribution in [0.3, 0.4) is 0 Å². The van der Waals surface area contributed by atoms with Gasteiger partial charge in [-0.1, -0.05) is 35.2 Å². The zero-order chi connectivity index (χ0) is 22.4. The molecule has 1 aromatic heterocycles. The Morgan fingerprint density at radius 3 is 2.45 bits per heavy atom. The fourth-order valence-corrected chi connectivity index (χ4v) is 4.01. The molecule has 0 aliphatic rings. The molecule has 6 nitrogen and oxygen atoms in total. The highest BCUT2D eigenvalue weighted by Gasteiger charge is 2.30. The third-order valence-electron chi connectivity index (χ3n) is 3.82. The maximum Gasteiger partial charge on any atom is 0.573 e. The summed E-state index contributed by atoms with van der Waals surface area (Å²) in [5, 5.41) is 14.1. The molecule has 1 heterocycles. The third kappa shape index (κ3) is 7.40. The number of nitrogens with one attached hydrogen (secondary N) is 2. The predicted octanol–water partition coefficient (Wildman–Crippen LogP) is 5.29. The van der Waals surface area contributed by atoms with Crippen LogP contribution in [0.2, 0.25) is 0 Å². The van der Waals surface area contributed by atoms with Crippen LogP contribution in [-0.2, 0) is 4.79 Å². The van der Waals surface area contributed by atoms with Gasteiger partial charge in [0, 0.05) is 5.69 Å². The zero-order valence-corrected chi connectivity index (χ0v) is 17.6. The molecule has 1 unspecified atom stereocenters. The maximum atomic E-state index is 13.0. The van der Waals surface area contributed by atoms with Crippen molar-refractivity contribution in [3.8, 4) is 5.75 Å². The summed E-state index contributed by atoms with van der Waals surface area (Å²) in [5.41, 5.74) is 1.29. The van der Waals surface area contributed by atoms with Gasteiger partial charge in [-0.2, -0.15) is 0 Å². The summed E-state index contributed by atoms with van der Waals surface area (Å²) in [7, 11) is 0. The smallest absolute Gasteiger partial charge is 0.406 e. The first kappa shape index (κ1) is 22.8. The lowest BCUT2D eigenvalue weighted by Gasteiger charge is -2.13. The highest BCUT2D eigenvalue weighted by atomic mass is 32.2. The Hall–Kier alpha value is -2.86. The van der Waals surface area contributed by atoms with Crippen LogP contribution in [-0.4, -0.2) is 28.2 Å². The molecule has 0 bridgehead atoms. The molecule has 3 rings (SSSR count). The molecule has 1 amide bonds. The Balaban J connectivity index is 1.47. The van der Waals surface area contributed by atoms with E-state index in [0.717, 1.165) is 5.56 Å². The van der Waals surface area contributed by atoms with Gasteiger partial charge in [-0.25, -0.2) is 4.39 Å². The lowest BCUT2D eigenvalue weighted by Crippen LogP contribution is -2.28.